The first-order valence-corrected chi connectivity index (χ1v) is 6.43. The summed E-state index contributed by atoms with van der Waals surface area (Å²) < 4.78 is 25.1. The van der Waals surface area contributed by atoms with E-state index in [9.17, 15) is 9.18 Å². The van der Waals surface area contributed by atoms with Gasteiger partial charge in [0.05, 0.1) is 0 Å². The second-order valence-corrected chi connectivity index (χ2v) is 5.04. The molecular weight excluding hydrogens is 273 g/mol. The van der Waals surface area contributed by atoms with E-state index in [0.29, 0.717) is 31.8 Å². The summed E-state index contributed by atoms with van der Waals surface area (Å²) in [5, 5.41) is -0.112. The van der Waals surface area contributed by atoms with E-state index in [2.05, 4.69) is 4.99 Å². The maximum atomic E-state index is 14.4. The van der Waals surface area contributed by atoms with Crippen LogP contribution in [-0.4, -0.2) is 19.3 Å². The fourth-order valence-corrected chi connectivity index (χ4v) is 2.75. The van der Waals surface area contributed by atoms with Gasteiger partial charge in [-0.05, 0) is 25.3 Å². The maximum Gasteiger partial charge on any atom is 0.235 e. The van der Waals surface area contributed by atoms with Gasteiger partial charge < -0.3 is 9.47 Å². The van der Waals surface area contributed by atoms with Crippen molar-refractivity contribution in [3.05, 3.63) is 22.5 Å². The Labute approximate surface area is 114 Å². The summed E-state index contributed by atoms with van der Waals surface area (Å²) in [6, 6.07) is 1.54. The molecule has 3 rings (SSSR count). The van der Waals surface area contributed by atoms with Crippen LogP contribution in [0, 0.1) is 5.82 Å². The lowest BCUT2D eigenvalue weighted by Crippen LogP contribution is -2.33. The SMILES string of the molecule is O=C=NC1(c2cc3c(c(Cl)c2F)OCCO3)CCC1. The molecule has 0 unspecified atom stereocenters. The number of nitrogens with zero attached hydrogens (tertiary/aromatic N) is 1. The molecule has 0 N–H and O–H groups in total. The Kier molecular flexibility index (Phi) is 2.96. The topological polar surface area (TPSA) is 47.9 Å². The molecule has 1 aliphatic carbocycles. The number of ether oxygens (including phenoxy) is 2. The van der Waals surface area contributed by atoms with Gasteiger partial charge in [0.2, 0.25) is 6.08 Å². The fourth-order valence-electron chi connectivity index (χ4n) is 2.50. The number of halogens is 2. The van der Waals surface area contributed by atoms with Gasteiger partial charge in [-0.25, -0.2) is 9.18 Å². The van der Waals surface area contributed by atoms with E-state index in [4.69, 9.17) is 21.1 Å². The molecule has 1 heterocycles. The molecule has 2 aliphatic rings. The summed E-state index contributed by atoms with van der Waals surface area (Å²) in [7, 11) is 0. The Morgan fingerprint density at radius 3 is 2.74 bits per heavy atom. The van der Waals surface area contributed by atoms with E-state index in [-0.39, 0.29) is 16.3 Å². The molecule has 0 radical (unpaired) electrons. The molecule has 1 aromatic carbocycles. The molecule has 0 spiro atoms. The molecule has 0 amide bonds. The van der Waals surface area contributed by atoms with Crippen molar-refractivity contribution < 1.29 is 18.7 Å². The fraction of sp³-hybridized carbons (Fsp3) is 0.462. The van der Waals surface area contributed by atoms with E-state index >= 15 is 0 Å². The number of hydrogen-bond acceptors (Lipinski definition) is 4. The number of rotatable bonds is 2. The molecule has 1 saturated carbocycles. The molecule has 100 valence electrons. The molecule has 4 nitrogen and oxygen atoms in total. The zero-order valence-electron chi connectivity index (χ0n) is 10.0. The first-order valence-electron chi connectivity index (χ1n) is 6.05. The number of carbonyl (C=O) groups excluding carboxylic acids is 1. The lowest BCUT2D eigenvalue weighted by molar-refractivity contribution is 0.168. The van der Waals surface area contributed by atoms with Crippen LogP contribution in [0.5, 0.6) is 11.5 Å². The van der Waals surface area contributed by atoms with Crippen LogP contribution in [0.15, 0.2) is 11.1 Å². The molecule has 1 aromatic rings. The third-order valence-electron chi connectivity index (χ3n) is 3.66. The van der Waals surface area contributed by atoms with Crippen molar-refractivity contribution in [2.24, 2.45) is 4.99 Å². The van der Waals surface area contributed by atoms with Crippen molar-refractivity contribution >= 4 is 17.7 Å². The zero-order chi connectivity index (χ0) is 13.5. The standard InChI is InChI=1S/C13H11ClFNO3/c14-10-11(15)8(13(16-7-17)2-1-3-13)6-9-12(10)19-5-4-18-9/h6H,1-5H2. The number of aliphatic imine (C=N–C) groups is 1. The largest absolute Gasteiger partial charge is 0.486 e. The Morgan fingerprint density at radius 2 is 2.11 bits per heavy atom. The summed E-state index contributed by atoms with van der Waals surface area (Å²) in [6.07, 6.45) is 3.63. The summed E-state index contributed by atoms with van der Waals surface area (Å²) in [4.78, 5) is 14.4. The predicted octanol–water partition coefficient (Wildman–Crippen LogP) is 2.97. The lowest BCUT2D eigenvalue weighted by atomic mass is 9.72. The second-order valence-electron chi connectivity index (χ2n) is 4.66. The average molecular weight is 284 g/mol. The second kappa shape index (κ2) is 4.51. The van der Waals surface area contributed by atoms with Gasteiger partial charge >= 0.3 is 0 Å². The monoisotopic (exact) mass is 283 g/mol. The summed E-state index contributed by atoms with van der Waals surface area (Å²) >= 11 is 5.98. The van der Waals surface area contributed by atoms with E-state index in [0.717, 1.165) is 6.42 Å². The van der Waals surface area contributed by atoms with Crippen LogP contribution < -0.4 is 9.47 Å². The van der Waals surface area contributed by atoms with Crippen molar-refractivity contribution in [3.8, 4) is 11.5 Å². The van der Waals surface area contributed by atoms with E-state index in [1.807, 2.05) is 0 Å². The molecule has 0 aromatic heterocycles. The third-order valence-corrected chi connectivity index (χ3v) is 3.99. The van der Waals surface area contributed by atoms with Crippen molar-refractivity contribution in [1.29, 1.82) is 0 Å². The van der Waals surface area contributed by atoms with Gasteiger partial charge in [-0.1, -0.05) is 11.6 Å². The van der Waals surface area contributed by atoms with Crippen LogP contribution in [-0.2, 0) is 10.3 Å². The van der Waals surface area contributed by atoms with Crippen LogP contribution in [0.3, 0.4) is 0 Å². The van der Waals surface area contributed by atoms with E-state index in [1.165, 1.54) is 12.1 Å². The molecular formula is C13H11ClFNO3. The van der Waals surface area contributed by atoms with Crippen molar-refractivity contribution in [3.63, 3.8) is 0 Å². The van der Waals surface area contributed by atoms with Gasteiger partial charge in [0, 0.05) is 5.56 Å². The van der Waals surface area contributed by atoms with Crippen molar-refractivity contribution in [1.82, 2.24) is 0 Å². The van der Waals surface area contributed by atoms with Crippen molar-refractivity contribution in [2.75, 3.05) is 13.2 Å². The van der Waals surface area contributed by atoms with Gasteiger partial charge in [0.15, 0.2) is 17.3 Å². The minimum atomic E-state index is -0.842. The molecule has 6 heteroatoms. The molecule has 19 heavy (non-hydrogen) atoms. The molecule has 0 saturated heterocycles. The van der Waals surface area contributed by atoms with E-state index in [1.54, 1.807) is 0 Å². The first kappa shape index (κ1) is 12.5. The minimum absolute atomic E-state index is 0.112. The summed E-state index contributed by atoms with van der Waals surface area (Å²) in [6.45, 7) is 0.724. The van der Waals surface area contributed by atoms with Gasteiger partial charge in [0.1, 0.15) is 23.8 Å². The van der Waals surface area contributed by atoms with Crippen LogP contribution in [0.2, 0.25) is 5.02 Å². The smallest absolute Gasteiger partial charge is 0.235 e. The van der Waals surface area contributed by atoms with Crippen LogP contribution in [0.4, 0.5) is 4.39 Å². The first-order chi connectivity index (χ1) is 9.18. The van der Waals surface area contributed by atoms with Gasteiger partial charge in [-0.2, -0.15) is 4.99 Å². The highest BCUT2D eigenvalue weighted by Crippen LogP contribution is 2.50. The molecule has 0 bridgehead atoms. The predicted molar refractivity (Wildman–Crippen MR) is 66.1 cm³/mol. The van der Waals surface area contributed by atoms with Crippen molar-refractivity contribution in [2.45, 2.75) is 24.8 Å². The highest BCUT2D eigenvalue weighted by atomic mass is 35.5. The molecule has 1 fully saturated rings. The van der Waals surface area contributed by atoms with Crippen LogP contribution >= 0.6 is 11.6 Å². The zero-order valence-corrected chi connectivity index (χ0v) is 10.8. The average Bonchev–Trinajstić information content (AvgIpc) is 2.38. The molecule has 1 aliphatic heterocycles. The molecule has 0 atom stereocenters. The third kappa shape index (κ3) is 1.81. The Balaban J connectivity index is 2.16. The highest BCUT2D eigenvalue weighted by Gasteiger charge is 2.43. The van der Waals surface area contributed by atoms with Crippen LogP contribution in [0.1, 0.15) is 24.8 Å². The number of benzene rings is 1. The summed E-state index contributed by atoms with van der Waals surface area (Å²) in [5.41, 5.74) is -0.554. The maximum absolute atomic E-state index is 14.4. The number of hydrogen-bond donors (Lipinski definition) is 0. The highest BCUT2D eigenvalue weighted by molar-refractivity contribution is 6.32. The van der Waals surface area contributed by atoms with E-state index < -0.39 is 11.4 Å². The minimum Gasteiger partial charge on any atom is -0.486 e. The Hall–Kier alpha value is -1.58. The lowest BCUT2D eigenvalue weighted by Gasteiger charge is -2.38. The quantitative estimate of drug-likeness (QED) is 0.619. The normalized spacial score (nSPS) is 19.3. The Bertz CT molecular complexity index is 580. The summed E-state index contributed by atoms with van der Waals surface area (Å²) in [5.74, 6) is 0.0309. The van der Waals surface area contributed by atoms with Gasteiger partial charge in [-0.3, -0.25) is 0 Å². The van der Waals surface area contributed by atoms with Gasteiger partial charge in [-0.15, -0.1) is 0 Å². The van der Waals surface area contributed by atoms with Crippen LogP contribution in [0.25, 0.3) is 0 Å². The number of fused-ring (bicyclic) bond motifs is 1. The Morgan fingerprint density at radius 1 is 1.37 bits per heavy atom. The van der Waals surface area contributed by atoms with Gasteiger partial charge in [0.25, 0.3) is 0 Å². The number of isocyanates is 1.